The van der Waals surface area contributed by atoms with Crippen molar-refractivity contribution in [1.82, 2.24) is 9.13 Å². The monoisotopic (exact) mass is 700 g/mol. The van der Waals surface area contributed by atoms with E-state index < -0.39 is 0 Å². The second-order valence-electron chi connectivity index (χ2n) is 14.5. The molecule has 256 valence electrons. The highest BCUT2D eigenvalue weighted by Gasteiger charge is 2.19. The first-order valence-electron chi connectivity index (χ1n) is 18.8. The predicted octanol–water partition coefficient (Wildman–Crippen LogP) is 14.3. The molecule has 0 fully saturated rings. The first-order chi connectivity index (χ1) is 27.3. The standard InChI is InChI=1S/C52H32N2O/c1-2-12-33(13-3-1)35-16-10-17-38(28-35)53-48-26-24-37(30-43(48)44-32-52-45(31-50(44)53)41-20-7-9-23-51(41)55-52)36-25-27-49-42(29-36)40-19-6-8-21-47(40)54(49)46-22-11-15-34-14-4-5-18-39(34)46/h1-32H. The number of hydrogen-bond donors (Lipinski definition) is 0. The van der Waals surface area contributed by atoms with Gasteiger partial charge in [-0.3, -0.25) is 0 Å². The van der Waals surface area contributed by atoms with Crippen molar-refractivity contribution in [2.45, 2.75) is 0 Å². The molecule has 0 spiro atoms. The lowest BCUT2D eigenvalue weighted by atomic mass is 10.00. The van der Waals surface area contributed by atoms with Crippen LogP contribution in [0.1, 0.15) is 0 Å². The maximum atomic E-state index is 6.46. The van der Waals surface area contributed by atoms with Crippen LogP contribution in [0.5, 0.6) is 0 Å². The van der Waals surface area contributed by atoms with Gasteiger partial charge in [-0.25, -0.2) is 0 Å². The Kier molecular flexibility index (Phi) is 6.34. The second-order valence-corrected chi connectivity index (χ2v) is 14.5. The number of para-hydroxylation sites is 2. The Labute approximate surface area is 316 Å². The van der Waals surface area contributed by atoms with Crippen molar-refractivity contribution in [2.75, 3.05) is 0 Å². The maximum Gasteiger partial charge on any atom is 0.136 e. The number of aromatic nitrogens is 2. The Morgan fingerprint density at radius 1 is 0.291 bits per heavy atom. The molecule has 0 N–H and O–H groups in total. The highest BCUT2D eigenvalue weighted by atomic mass is 16.3. The third-order valence-electron chi connectivity index (χ3n) is 11.5. The van der Waals surface area contributed by atoms with Crippen LogP contribution in [0.25, 0.3) is 110 Å². The van der Waals surface area contributed by atoms with E-state index >= 15 is 0 Å². The van der Waals surface area contributed by atoms with E-state index in [2.05, 4.69) is 197 Å². The first kappa shape index (κ1) is 30.1. The van der Waals surface area contributed by atoms with Crippen molar-refractivity contribution in [1.29, 1.82) is 0 Å². The Bertz CT molecular complexity index is 3480. The molecule has 0 aliphatic rings. The maximum absolute atomic E-state index is 6.46. The molecular weight excluding hydrogens is 669 g/mol. The van der Waals surface area contributed by atoms with Gasteiger partial charge >= 0.3 is 0 Å². The van der Waals surface area contributed by atoms with Crippen LogP contribution >= 0.6 is 0 Å². The molecule has 12 rings (SSSR count). The number of hydrogen-bond acceptors (Lipinski definition) is 1. The lowest BCUT2D eigenvalue weighted by Crippen LogP contribution is -1.95. The van der Waals surface area contributed by atoms with Gasteiger partial charge in [-0.15, -0.1) is 0 Å². The summed E-state index contributed by atoms with van der Waals surface area (Å²) in [4.78, 5) is 0. The van der Waals surface area contributed by atoms with Crippen LogP contribution in [0.4, 0.5) is 0 Å². The van der Waals surface area contributed by atoms with Crippen molar-refractivity contribution in [3.63, 3.8) is 0 Å². The number of fused-ring (bicyclic) bond motifs is 10. The lowest BCUT2D eigenvalue weighted by molar-refractivity contribution is 0.669. The van der Waals surface area contributed by atoms with E-state index in [9.17, 15) is 0 Å². The second kappa shape index (κ2) is 11.6. The summed E-state index contributed by atoms with van der Waals surface area (Å²) in [5, 5.41) is 9.58. The molecule has 12 aromatic rings. The fraction of sp³-hybridized carbons (Fsp3) is 0. The van der Waals surface area contributed by atoms with Gasteiger partial charge in [0.1, 0.15) is 11.2 Å². The smallest absolute Gasteiger partial charge is 0.136 e. The van der Waals surface area contributed by atoms with Gasteiger partial charge in [0.05, 0.1) is 27.8 Å². The van der Waals surface area contributed by atoms with Crippen LogP contribution in [-0.2, 0) is 0 Å². The average molecular weight is 701 g/mol. The molecule has 0 atom stereocenters. The SMILES string of the molecule is c1ccc(-c2cccc(-n3c4ccc(-c5ccc6c(c5)c5ccccc5n6-c5cccc6ccccc56)cc4c4cc5oc6ccccc6c5cc43)c2)cc1. The topological polar surface area (TPSA) is 23.0 Å². The summed E-state index contributed by atoms with van der Waals surface area (Å²) in [6.45, 7) is 0. The number of furan rings is 1. The summed E-state index contributed by atoms with van der Waals surface area (Å²) in [5.41, 5.74) is 13.6. The van der Waals surface area contributed by atoms with Crippen LogP contribution in [-0.4, -0.2) is 9.13 Å². The van der Waals surface area contributed by atoms with Gasteiger partial charge in [-0.2, -0.15) is 0 Å². The summed E-state index contributed by atoms with van der Waals surface area (Å²) in [6, 6.07) is 70.3. The van der Waals surface area contributed by atoms with Gasteiger partial charge in [0.2, 0.25) is 0 Å². The molecule has 3 heterocycles. The van der Waals surface area contributed by atoms with Crippen molar-refractivity contribution < 1.29 is 4.42 Å². The molecule has 55 heavy (non-hydrogen) atoms. The van der Waals surface area contributed by atoms with Crippen LogP contribution in [0, 0.1) is 0 Å². The summed E-state index contributed by atoms with van der Waals surface area (Å²) < 4.78 is 11.3. The molecule has 0 saturated carbocycles. The summed E-state index contributed by atoms with van der Waals surface area (Å²) in [6.07, 6.45) is 0. The van der Waals surface area contributed by atoms with Crippen LogP contribution < -0.4 is 0 Å². The van der Waals surface area contributed by atoms with Gasteiger partial charge in [0.15, 0.2) is 0 Å². The summed E-state index contributed by atoms with van der Waals surface area (Å²) in [5.74, 6) is 0. The van der Waals surface area contributed by atoms with Crippen LogP contribution in [0.2, 0.25) is 0 Å². The van der Waals surface area contributed by atoms with Crippen LogP contribution in [0.15, 0.2) is 199 Å². The minimum Gasteiger partial charge on any atom is -0.456 e. The van der Waals surface area contributed by atoms with Gasteiger partial charge in [0.25, 0.3) is 0 Å². The molecule has 0 unspecified atom stereocenters. The van der Waals surface area contributed by atoms with Crippen molar-refractivity contribution in [3.8, 4) is 33.6 Å². The molecule has 0 amide bonds. The zero-order valence-electron chi connectivity index (χ0n) is 29.8. The quantitative estimate of drug-likeness (QED) is 0.179. The van der Waals surface area contributed by atoms with Gasteiger partial charge < -0.3 is 13.6 Å². The van der Waals surface area contributed by atoms with E-state index in [1.54, 1.807) is 0 Å². The Hall–Kier alpha value is -7.36. The molecule has 0 aliphatic carbocycles. The van der Waals surface area contributed by atoms with Gasteiger partial charge in [-0.1, -0.05) is 127 Å². The van der Waals surface area contributed by atoms with E-state index in [0.29, 0.717) is 0 Å². The van der Waals surface area contributed by atoms with E-state index in [4.69, 9.17) is 4.42 Å². The van der Waals surface area contributed by atoms with E-state index in [1.165, 1.54) is 71.3 Å². The summed E-state index contributed by atoms with van der Waals surface area (Å²) >= 11 is 0. The van der Waals surface area contributed by atoms with Gasteiger partial charge in [0, 0.05) is 43.4 Å². The van der Waals surface area contributed by atoms with Crippen molar-refractivity contribution in [3.05, 3.63) is 194 Å². The van der Waals surface area contributed by atoms with E-state index in [1.807, 2.05) is 6.07 Å². The minimum atomic E-state index is 0.902. The van der Waals surface area contributed by atoms with Crippen LogP contribution in [0.3, 0.4) is 0 Å². The number of benzene rings is 9. The highest BCUT2D eigenvalue weighted by Crippen LogP contribution is 2.42. The zero-order chi connectivity index (χ0) is 36.0. The fourth-order valence-electron chi connectivity index (χ4n) is 8.97. The third-order valence-corrected chi connectivity index (χ3v) is 11.5. The average Bonchev–Trinajstić information content (AvgIpc) is 3.89. The molecule has 9 aromatic carbocycles. The molecule has 3 heteroatoms. The van der Waals surface area contributed by atoms with Crippen molar-refractivity contribution >= 4 is 76.3 Å². The fourth-order valence-corrected chi connectivity index (χ4v) is 8.97. The molecule has 0 bridgehead atoms. The molecule has 3 aromatic heterocycles. The Balaban J connectivity index is 1.09. The molecule has 3 nitrogen and oxygen atoms in total. The normalized spacial score (nSPS) is 12.0. The third kappa shape index (κ3) is 4.50. The van der Waals surface area contributed by atoms with Gasteiger partial charge in [-0.05, 0) is 94.4 Å². The minimum absolute atomic E-state index is 0.902. The Morgan fingerprint density at radius 3 is 1.75 bits per heavy atom. The lowest BCUT2D eigenvalue weighted by Gasteiger charge is -2.12. The summed E-state index contributed by atoms with van der Waals surface area (Å²) in [7, 11) is 0. The first-order valence-corrected chi connectivity index (χ1v) is 18.8. The molecule has 0 aliphatic heterocycles. The number of rotatable bonds is 4. The number of nitrogens with zero attached hydrogens (tertiary/aromatic N) is 2. The van der Waals surface area contributed by atoms with E-state index in [0.717, 1.165) is 38.7 Å². The predicted molar refractivity (Wildman–Crippen MR) is 231 cm³/mol. The molecule has 0 radical (unpaired) electrons. The largest absolute Gasteiger partial charge is 0.456 e. The molecule has 0 saturated heterocycles. The Morgan fingerprint density at radius 2 is 0.891 bits per heavy atom. The zero-order valence-corrected chi connectivity index (χ0v) is 29.8. The highest BCUT2D eigenvalue weighted by molar-refractivity contribution is 6.18. The van der Waals surface area contributed by atoms with E-state index in [-0.39, 0.29) is 0 Å². The van der Waals surface area contributed by atoms with Crippen molar-refractivity contribution in [2.24, 2.45) is 0 Å². The molecular formula is C52H32N2O.